The van der Waals surface area contributed by atoms with Crippen molar-refractivity contribution in [2.24, 2.45) is 0 Å². The predicted molar refractivity (Wildman–Crippen MR) is 104 cm³/mol. The second-order valence-electron chi connectivity index (χ2n) is 6.46. The van der Waals surface area contributed by atoms with Crippen molar-refractivity contribution in [3.8, 4) is 0 Å². The SMILES string of the molecule is COC(=O)[C@H](Cc1cccc(C(F)(F)F)c1)NC(=O)CNC(=O)OCc1ccccc1. The lowest BCUT2D eigenvalue weighted by Gasteiger charge is -2.17. The molecule has 31 heavy (non-hydrogen) atoms. The predicted octanol–water partition coefficient (Wildman–Crippen LogP) is 2.83. The highest BCUT2D eigenvalue weighted by Gasteiger charge is 2.31. The first-order valence-corrected chi connectivity index (χ1v) is 9.17. The van der Waals surface area contributed by atoms with Crippen LogP contribution in [-0.4, -0.2) is 37.7 Å². The Labute approximate surface area is 176 Å². The number of carbonyl (C=O) groups is 3. The van der Waals surface area contributed by atoms with Gasteiger partial charge in [-0.05, 0) is 17.2 Å². The Kier molecular flexibility index (Phi) is 8.42. The fraction of sp³-hybridized carbons (Fsp3) is 0.286. The lowest BCUT2D eigenvalue weighted by Crippen LogP contribution is -2.47. The summed E-state index contributed by atoms with van der Waals surface area (Å²) in [5.41, 5.74) is 0.0671. The highest BCUT2D eigenvalue weighted by Crippen LogP contribution is 2.29. The van der Waals surface area contributed by atoms with Crippen LogP contribution >= 0.6 is 0 Å². The number of esters is 1. The second kappa shape index (κ2) is 11.0. The molecule has 2 amide bonds. The Morgan fingerprint density at radius 1 is 1.00 bits per heavy atom. The van der Waals surface area contributed by atoms with E-state index in [2.05, 4.69) is 15.4 Å². The van der Waals surface area contributed by atoms with Crippen LogP contribution in [0.5, 0.6) is 0 Å². The minimum Gasteiger partial charge on any atom is -0.467 e. The number of benzene rings is 2. The zero-order valence-corrected chi connectivity index (χ0v) is 16.6. The maximum absolute atomic E-state index is 12.9. The average Bonchev–Trinajstić information content (AvgIpc) is 2.75. The zero-order valence-electron chi connectivity index (χ0n) is 16.6. The van der Waals surface area contributed by atoms with Gasteiger partial charge in [0.1, 0.15) is 19.2 Å². The highest BCUT2D eigenvalue weighted by atomic mass is 19.4. The number of methoxy groups -OCH3 is 1. The first-order valence-electron chi connectivity index (χ1n) is 9.17. The van der Waals surface area contributed by atoms with Gasteiger partial charge in [-0.1, -0.05) is 48.5 Å². The lowest BCUT2D eigenvalue weighted by molar-refractivity contribution is -0.144. The number of hydrogen-bond donors (Lipinski definition) is 2. The van der Waals surface area contributed by atoms with Crippen LogP contribution in [0.25, 0.3) is 0 Å². The summed E-state index contributed by atoms with van der Waals surface area (Å²) >= 11 is 0. The summed E-state index contributed by atoms with van der Waals surface area (Å²) in [5.74, 6) is -1.57. The second-order valence-corrected chi connectivity index (χ2v) is 6.46. The molecule has 10 heteroatoms. The summed E-state index contributed by atoms with van der Waals surface area (Å²) < 4.78 is 48.2. The number of alkyl halides is 3. The summed E-state index contributed by atoms with van der Waals surface area (Å²) in [5, 5.41) is 4.57. The molecule has 0 saturated carbocycles. The van der Waals surface area contributed by atoms with Gasteiger partial charge in [-0.25, -0.2) is 9.59 Å². The van der Waals surface area contributed by atoms with Crippen molar-refractivity contribution in [1.29, 1.82) is 0 Å². The third kappa shape index (κ3) is 8.00. The van der Waals surface area contributed by atoms with Crippen LogP contribution in [0.1, 0.15) is 16.7 Å². The fourth-order valence-corrected chi connectivity index (χ4v) is 2.62. The van der Waals surface area contributed by atoms with Crippen LogP contribution in [0.15, 0.2) is 54.6 Å². The van der Waals surface area contributed by atoms with Gasteiger partial charge >= 0.3 is 18.2 Å². The van der Waals surface area contributed by atoms with Gasteiger partial charge < -0.3 is 20.1 Å². The van der Waals surface area contributed by atoms with Crippen molar-refractivity contribution in [3.05, 3.63) is 71.3 Å². The van der Waals surface area contributed by atoms with E-state index in [9.17, 15) is 27.6 Å². The standard InChI is InChI=1S/C21H21F3N2O5/c1-30-19(28)17(11-15-8-5-9-16(10-15)21(22,23)24)26-18(27)12-25-20(29)31-13-14-6-3-2-4-7-14/h2-10,17H,11-13H2,1H3,(H,25,29)(H,26,27)/t17-/m0/s1. The lowest BCUT2D eigenvalue weighted by atomic mass is 10.0. The maximum atomic E-state index is 12.9. The van der Waals surface area contributed by atoms with Crippen LogP contribution in [0.4, 0.5) is 18.0 Å². The molecule has 0 aliphatic carbocycles. The van der Waals surface area contributed by atoms with E-state index >= 15 is 0 Å². The van der Waals surface area contributed by atoms with Gasteiger partial charge in [0.25, 0.3) is 0 Å². The molecule has 0 fully saturated rings. The van der Waals surface area contributed by atoms with Crippen LogP contribution in [0.2, 0.25) is 0 Å². The molecule has 0 aliphatic heterocycles. The molecule has 166 valence electrons. The minimum absolute atomic E-state index is 0.00856. The third-order valence-corrected chi connectivity index (χ3v) is 4.12. The van der Waals surface area contributed by atoms with Gasteiger partial charge in [-0.3, -0.25) is 4.79 Å². The molecular weight excluding hydrogens is 417 g/mol. The summed E-state index contributed by atoms with van der Waals surface area (Å²) in [4.78, 5) is 35.8. The molecule has 2 N–H and O–H groups in total. The summed E-state index contributed by atoms with van der Waals surface area (Å²) in [6.45, 7) is -0.488. The number of amides is 2. The largest absolute Gasteiger partial charge is 0.467 e. The zero-order chi connectivity index (χ0) is 22.9. The number of hydrogen-bond acceptors (Lipinski definition) is 5. The van der Waals surface area contributed by atoms with E-state index in [4.69, 9.17) is 4.74 Å². The molecule has 0 aromatic heterocycles. The maximum Gasteiger partial charge on any atom is 0.416 e. The Balaban J connectivity index is 1.89. The summed E-state index contributed by atoms with van der Waals surface area (Å²) in [7, 11) is 1.09. The van der Waals surface area contributed by atoms with E-state index in [0.29, 0.717) is 0 Å². The number of nitrogens with one attached hydrogen (secondary N) is 2. The molecule has 0 heterocycles. The van der Waals surface area contributed by atoms with Crippen molar-refractivity contribution >= 4 is 18.0 Å². The van der Waals surface area contributed by atoms with Crippen molar-refractivity contribution in [1.82, 2.24) is 10.6 Å². The van der Waals surface area contributed by atoms with E-state index in [1.165, 1.54) is 12.1 Å². The number of carbonyl (C=O) groups excluding carboxylic acids is 3. The molecule has 0 saturated heterocycles. The van der Waals surface area contributed by atoms with Gasteiger partial charge in [-0.15, -0.1) is 0 Å². The molecule has 0 bridgehead atoms. The Morgan fingerprint density at radius 3 is 2.32 bits per heavy atom. The molecule has 7 nitrogen and oxygen atoms in total. The monoisotopic (exact) mass is 438 g/mol. The van der Waals surface area contributed by atoms with Crippen molar-refractivity contribution in [3.63, 3.8) is 0 Å². The van der Waals surface area contributed by atoms with Crippen molar-refractivity contribution in [2.75, 3.05) is 13.7 Å². The van der Waals surface area contributed by atoms with E-state index in [1.54, 1.807) is 24.3 Å². The molecule has 2 rings (SSSR count). The van der Waals surface area contributed by atoms with E-state index < -0.39 is 42.3 Å². The minimum atomic E-state index is -4.54. The van der Waals surface area contributed by atoms with Gasteiger partial charge in [0.15, 0.2) is 0 Å². The number of ether oxygens (including phenoxy) is 2. The molecule has 0 aliphatic rings. The van der Waals surface area contributed by atoms with Crippen molar-refractivity contribution in [2.45, 2.75) is 25.2 Å². The average molecular weight is 438 g/mol. The molecule has 1 atom stereocenters. The van der Waals surface area contributed by atoms with E-state index in [1.807, 2.05) is 6.07 Å². The number of alkyl carbamates (subject to hydrolysis) is 1. The van der Waals surface area contributed by atoms with Crippen LogP contribution in [-0.2, 0) is 38.3 Å². The summed E-state index contributed by atoms with van der Waals surface area (Å²) in [6.07, 6.45) is -5.60. The van der Waals surface area contributed by atoms with Crippen molar-refractivity contribution < 1.29 is 37.0 Å². The normalized spacial score (nSPS) is 11.9. The molecule has 2 aromatic rings. The fourth-order valence-electron chi connectivity index (χ4n) is 2.62. The molecular formula is C21H21F3N2O5. The Morgan fingerprint density at radius 2 is 1.68 bits per heavy atom. The Bertz CT molecular complexity index is 903. The molecule has 0 radical (unpaired) electrons. The van der Waals surface area contributed by atoms with Crippen LogP contribution in [0.3, 0.4) is 0 Å². The quantitative estimate of drug-likeness (QED) is 0.619. The van der Waals surface area contributed by atoms with Gasteiger partial charge in [0, 0.05) is 6.42 Å². The number of halogens is 3. The van der Waals surface area contributed by atoms with Crippen LogP contribution < -0.4 is 10.6 Å². The highest BCUT2D eigenvalue weighted by molar-refractivity contribution is 5.87. The number of rotatable bonds is 8. The van der Waals surface area contributed by atoms with E-state index in [0.717, 1.165) is 24.8 Å². The van der Waals surface area contributed by atoms with Gasteiger partial charge in [-0.2, -0.15) is 13.2 Å². The summed E-state index contributed by atoms with van der Waals surface area (Å²) in [6, 6.07) is 12.1. The third-order valence-electron chi connectivity index (χ3n) is 4.12. The Hall–Kier alpha value is -3.56. The topological polar surface area (TPSA) is 93.7 Å². The molecule has 0 spiro atoms. The van der Waals surface area contributed by atoms with Crippen LogP contribution in [0, 0.1) is 0 Å². The first kappa shape index (κ1) is 23.7. The van der Waals surface area contributed by atoms with E-state index in [-0.39, 0.29) is 18.6 Å². The van der Waals surface area contributed by atoms with Gasteiger partial charge in [0.2, 0.25) is 5.91 Å². The molecule has 2 aromatic carbocycles. The van der Waals surface area contributed by atoms with Gasteiger partial charge in [0.05, 0.1) is 12.7 Å². The smallest absolute Gasteiger partial charge is 0.416 e. The molecule has 0 unspecified atom stereocenters. The first-order chi connectivity index (χ1) is 14.7.